The van der Waals surface area contributed by atoms with Gasteiger partial charge >= 0.3 is 0 Å². The van der Waals surface area contributed by atoms with Crippen LogP contribution in [0.5, 0.6) is 0 Å². The van der Waals surface area contributed by atoms with E-state index in [2.05, 4.69) is 19.1 Å². The molecule has 2 heteroatoms. The molecule has 0 bridgehead atoms. The van der Waals surface area contributed by atoms with E-state index in [1.165, 1.54) is 11.1 Å². The van der Waals surface area contributed by atoms with Gasteiger partial charge in [-0.15, -0.1) is 0 Å². The summed E-state index contributed by atoms with van der Waals surface area (Å²) in [4.78, 5) is 23.3. The first kappa shape index (κ1) is 13.0. The fourth-order valence-corrected chi connectivity index (χ4v) is 3.09. The minimum Gasteiger partial charge on any atom is -0.303 e. The van der Waals surface area contributed by atoms with Crippen molar-refractivity contribution < 1.29 is 9.59 Å². The maximum atomic E-state index is 12.0. The molecule has 18 heavy (non-hydrogen) atoms. The van der Waals surface area contributed by atoms with Crippen molar-refractivity contribution in [1.82, 2.24) is 0 Å². The molecule has 0 aliphatic heterocycles. The molecule has 1 aromatic carbocycles. The Labute approximate surface area is 108 Å². The lowest BCUT2D eigenvalue weighted by molar-refractivity contribution is -0.129. The van der Waals surface area contributed by atoms with Crippen LogP contribution in [0.15, 0.2) is 24.3 Å². The predicted octanol–water partition coefficient (Wildman–Crippen LogP) is 3.15. The first-order valence-corrected chi connectivity index (χ1v) is 6.74. The van der Waals surface area contributed by atoms with E-state index >= 15 is 0 Å². The molecule has 0 saturated heterocycles. The highest BCUT2D eigenvalue weighted by molar-refractivity contribution is 5.93. The fourth-order valence-electron chi connectivity index (χ4n) is 3.09. The van der Waals surface area contributed by atoms with Gasteiger partial charge in [-0.2, -0.15) is 0 Å². The monoisotopic (exact) mass is 244 g/mol. The van der Waals surface area contributed by atoms with Gasteiger partial charge in [0, 0.05) is 6.42 Å². The van der Waals surface area contributed by atoms with E-state index in [4.69, 9.17) is 0 Å². The molecule has 0 spiro atoms. The van der Waals surface area contributed by atoms with Crippen molar-refractivity contribution in [3.8, 4) is 0 Å². The maximum Gasteiger partial charge on any atom is 0.143 e. The van der Waals surface area contributed by atoms with Crippen molar-refractivity contribution in [1.29, 1.82) is 0 Å². The van der Waals surface area contributed by atoms with E-state index < -0.39 is 5.92 Å². The van der Waals surface area contributed by atoms with E-state index in [9.17, 15) is 9.59 Å². The third-order valence-corrected chi connectivity index (χ3v) is 4.12. The zero-order chi connectivity index (χ0) is 13.1. The lowest BCUT2D eigenvalue weighted by atomic mass is 9.80. The summed E-state index contributed by atoms with van der Waals surface area (Å²) in [6, 6.07) is 8.28. The van der Waals surface area contributed by atoms with Crippen molar-refractivity contribution >= 4 is 12.1 Å². The first-order valence-electron chi connectivity index (χ1n) is 6.74. The molecule has 0 aromatic heterocycles. The molecule has 0 fully saturated rings. The Balaban J connectivity index is 2.21. The number of hydrogen-bond acceptors (Lipinski definition) is 2. The van der Waals surface area contributed by atoms with Crippen molar-refractivity contribution in [3.63, 3.8) is 0 Å². The lowest BCUT2D eigenvalue weighted by Crippen LogP contribution is -2.27. The highest BCUT2D eigenvalue weighted by atomic mass is 16.1. The second kappa shape index (κ2) is 5.47. The highest BCUT2D eigenvalue weighted by Crippen LogP contribution is 2.41. The van der Waals surface area contributed by atoms with Crippen LogP contribution in [0.3, 0.4) is 0 Å². The van der Waals surface area contributed by atoms with Gasteiger partial charge < -0.3 is 4.79 Å². The SMILES string of the molecule is CCCC(=O)C(C=O)C1Cc2ccccc2C1C. The van der Waals surface area contributed by atoms with Crippen LogP contribution in [0.25, 0.3) is 0 Å². The molecule has 3 atom stereocenters. The molecular weight excluding hydrogens is 224 g/mol. The number of ketones is 1. The molecule has 1 aliphatic carbocycles. The van der Waals surface area contributed by atoms with Gasteiger partial charge in [-0.1, -0.05) is 38.1 Å². The maximum absolute atomic E-state index is 12.0. The molecule has 1 aromatic rings. The van der Waals surface area contributed by atoms with E-state index in [-0.39, 0.29) is 11.7 Å². The quantitative estimate of drug-likeness (QED) is 0.589. The number of carbonyl (C=O) groups is 2. The van der Waals surface area contributed by atoms with Gasteiger partial charge in [0.25, 0.3) is 0 Å². The van der Waals surface area contributed by atoms with Crippen LogP contribution in [-0.2, 0) is 16.0 Å². The number of carbonyl (C=O) groups excluding carboxylic acids is 2. The van der Waals surface area contributed by atoms with Crippen molar-refractivity contribution in [3.05, 3.63) is 35.4 Å². The summed E-state index contributed by atoms with van der Waals surface area (Å²) in [6.45, 7) is 4.11. The van der Waals surface area contributed by atoms with E-state index in [1.807, 2.05) is 19.1 Å². The molecule has 0 N–H and O–H groups in total. The summed E-state index contributed by atoms with van der Waals surface area (Å²) in [5, 5.41) is 0. The summed E-state index contributed by atoms with van der Waals surface area (Å²) in [5.41, 5.74) is 2.60. The number of Topliss-reactive ketones (excluding diaryl/α,β-unsaturated/α-hetero) is 1. The van der Waals surface area contributed by atoms with Gasteiger partial charge in [0.15, 0.2) is 0 Å². The summed E-state index contributed by atoms with van der Waals surface area (Å²) in [6.07, 6.45) is 3.06. The Morgan fingerprint density at radius 3 is 2.78 bits per heavy atom. The first-order chi connectivity index (χ1) is 8.69. The van der Waals surface area contributed by atoms with Gasteiger partial charge in [0.1, 0.15) is 12.1 Å². The third-order valence-electron chi connectivity index (χ3n) is 4.12. The van der Waals surface area contributed by atoms with Gasteiger partial charge in [0.2, 0.25) is 0 Å². The fraction of sp³-hybridized carbons (Fsp3) is 0.500. The van der Waals surface area contributed by atoms with Crippen LogP contribution in [-0.4, -0.2) is 12.1 Å². The molecule has 0 heterocycles. The normalized spacial score (nSPS) is 23.4. The molecule has 0 saturated carbocycles. The topological polar surface area (TPSA) is 34.1 Å². The molecular formula is C16H20O2. The van der Waals surface area contributed by atoms with Crippen LogP contribution in [0, 0.1) is 11.8 Å². The number of benzene rings is 1. The zero-order valence-electron chi connectivity index (χ0n) is 11.1. The molecule has 2 nitrogen and oxygen atoms in total. The molecule has 2 rings (SSSR count). The van der Waals surface area contributed by atoms with Gasteiger partial charge in [-0.05, 0) is 35.8 Å². The molecule has 0 radical (unpaired) electrons. The summed E-state index contributed by atoms with van der Waals surface area (Å²) in [5.74, 6) is 0.140. The van der Waals surface area contributed by atoms with Crippen LogP contribution >= 0.6 is 0 Å². The standard InChI is InChI=1S/C16H20O2/c1-3-6-16(18)15(10-17)14-9-12-7-4-5-8-13(12)11(14)2/h4-5,7-8,10-11,14-15H,3,6,9H2,1-2H3. The van der Waals surface area contributed by atoms with Crippen LogP contribution in [0.1, 0.15) is 43.7 Å². The zero-order valence-corrected chi connectivity index (χ0v) is 11.1. The van der Waals surface area contributed by atoms with Gasteiger partial charge in [-0.25, -0.2) is 0 Å². The largest absolute Gasteiger partial charge is 0.303 e. The highest BCUT2D eigenvalue weighted by Gasteiger charge is 2.37. The van der Waals surface area contributed by atoms with Crippen LogP contribution in [0.4, 0.5) is 0 Å². The Kier molecular flexibility index (Phi) is 3.95. The Morgan fingerprint density at radius 2 is 2.17 bits per heavy atom. The average molecular weight is 244 g/mol. The molecule has 3 unspecified atom stereocenters. The second-order valence-electron chi connectivity index (χ2n) is 5.23. The van der Waals surface area contributed by atoms with E-state index in [0.717, 1.165) is 19.1 Å². The smallest absolute Gasteiger partial charge is 0.143 e. The number of rotatable bonds is 5. The minimum absolute atomic E-state index is 0.108. The molecule has 96 valence electrons. The van der Waals surface area contributed by atoms with Crippen LogP contribution in [0.2, 0.25) is 0 Å². The Bertz CT molecular complexity index is 450. The number of fused-ring (bicyclic) bond motifs is 1. The number of aldehydes is 1. The van der Waals surface area contributed by atoms with E-state index in [1.54, 1.807) is 0 Å². The van der Waals surface area contributed by atoms with Gasteiger partial charge in [0.05, 0.1) is 5.92 Å². The summed E-state index contributed by atoms with van der Waals surface area (Å²) in [7, 11) is 0. The molecule has 0 amide bonds. The average Bonchev–Trinajstić information content (AvgIpc) is 2.69. The summed E-state index contributed by atoms with van der Waals surface area (Å²) < 4.78 is 0. The van der Waals surface area contributed by atoms with Crippen LogP contribution < -0.4 is 0 Å². The van der Waals surface area contributed by atoms with Crippen molar-refractivity contribution in [2.45, 2.75) is 39.0 Å². The second-order valence-corrected chi connectivity index (χ2v) is 5.23. The van der Waals surface area contributed by atoms with Crippen molar-refractivity contribution in [2.75, 3.05) is 0 Å². The molecule has 1 aliphatic rings. The van der Waals surface area contributed by atoms with E-state index in [0.29, 0.717) is 12.3 Å². The third kappa shape index (κ3) is 2.24. The lowest BCUT2D eigenvalue weighted by Gasteiger charge is -2.21. The summed E-state index contributed by atoms with van der Waals surface area (Å²) >= 11 is 0. The Morgan fingerprint density at radius 1 is 1.44 bits per heavy atom. The number of hydrogen-bond donors (Lipinski definition) is 0. The van der Waals surface area contributed by atoms with Gasteiger partial charge in [-0.3, -0.25) is 4.79 Å². The minimum atomic E-state index is -0.424. The predicted molar refractivity (Wildman–Crippen MR) is 71.5 cm³/mol. The Hall–Kier alpha value is -1.44. The van der Waals surface area contributed by atoms with Crippen molar-refractivity contribution in [2.24, 2.45) is 11.8 Å².